The van der Waals surface area contributed by atoms with E-state index in [-0.39, 0.29) is 17.9 Å². The van der Waals surface area contributed by atoms with E-state index in [2.05, 4.69) is 10.2 Å². The summed E-state index contributed by atoms with van der Waals surface area (Å²) < 4.78 is 79.2. The fourth-order valence-electron chi connectivity index (χ4n) is 4.99. The topological polar surface area (TPSA) is 35.6 Å². The van der Waals surface area contributed by atoms with Crippen LogP contribution in [0.2, 0.25) is 5.02 Å². The second-order valence-electron chi connectivity index (χ2n) is 9.49. The molecule has 196 valence electrons. The summed E-state index contributed by atoms with van der Waals surface area (Å²) in [7, 11) is 0. The molecule has 0 aromatic heterocycles. The molecule has 2 saturated heterocycles. The fourth-order valence-corrected chi connectivity index (χ4v) is 5.17. The molecule has 1 N–H and O–H groups in total. The quantitative estimate of drug-likeness (QED) is 0.355. The lowest BCUT2D eigenvalue weighted by atomic mass is 10.0. The van der Waals surface area contributed by atoms with Gasteiger partial charge in [-0.05, 0) is 67.6 Å². The van der Waals surface area contributed by atoms with E-state index in [1.54, 1.807) is 0 Å². The lowest BCUT2D eigenvalue weighted by Crippen LogP contribution is -2.35. The summed E-state index contributed by atoms with van der Waals surface area (Å²) in [5, 5.41) is 4.03. The number of benzene rings is 2. The van der Waals surface area contributed by atoms with Gasteiger partial charge >= 0.3 is 12.4 Å². The maximum absolute atomic E-state index is 13.5. The van der Waals surface area contributed by atoms with Crippen LogP contribution in [0.3, 0.4) is 0 Å². The van der Waals surface area contributed by atoms with Crippen molar-refractivity contribution in [3.63, 3.8) is 0 Å². The van der Waals surface area contributed by atoms with E-state index >= 15 is 0 Å². The van der Waals surface area contributed by atoms with E-state index in [0.29, 0.717) is 30.2 Å². The van der Waals surface area contributed by atoms with Crippen molar-refractivity contribution >= 4 is 23.2 Å². The highest BCUT2D eigenvalue weighted by Crippen LogP contribution is 2.39. The molecular formula is C25H26ClF6N3O. The third kappa shape index (κ3) is 5.91. The van der Waals surface area contributed by atoms with Crippen LogP contribution < -0.4 is 5.32 Å². The maximum atomic E-state index is 13.5. The lowest BCUT2D eigenvalue weighted by Gasteiger charge is -2.23. The number of carbonyl (C=O) groups excluding carboxylic acids is 1. The molecule has 11 heteroatoms. The van der Waals surface area contributed by atoms with Crippen LogP contribution in [0.1, 0.15) is 33.5 Å². The molecule has 2 atom stereocenters. The van der Waals surface area contributed by atoms with Gasteiger partial charge < -0.3 is 15.1 Å². The Bertz CT molecular complexity index is 1110. The average molecular weight is 534 g/mol. The Labute approximate surface area is 210 Å². The van der Waals surface area contributed by atoms with Crippen LogP contribution in [0.15, 0.2) is 36.4 Å². The third-order valence-electron chi connectivity index (χ3n) is 6.88. The van der Waals surface area contributed by atoms with Crippen molar-refractivity contribution in [1.29, 1.82) is 0 Å². The van der Waals surface area contributed by atoms with Crippen molar-refractivity contribution < 1.29 is 31.1 Å². The molecule has 2 heterocycles. The number of aryl methyl sites for hydroxylation is 1. The predicted octanol–water partition coefficient (Wildman–Crippen LogP) is 6.19. The Morgan fingerprint density at radius 1 is 0.972 bits per heavy atom. The Kier molecular flexibility index (Phi) is 7.48. The number of carbonyl (C=O) groups is 1. The van der Waals surface area contributed by atoms with E-state index in [1.807, 2.05) is 25.1 Å². The molecule has 0 aliphatic carbocycles. The largest absolute Gasteiger partial charge is 0.417 e. The molecule has 2 aliphatic rings. The summed E-state index contributed by atoms with van der Waals surface area (Å²) in [6.07, 6.45) is -9.12. The van der Waals surface area contributed by atoms with Crippen LogP contribution >= 0.6 is 11.6 Å². The number of likely N-dealkylation sites (tertiary alicyclic amines) is 2. The Morgan fingerprint density at radius 3 is 2.22 bits per heavy atom. The molecule has 0 radical (unpaired) electrons. The summed E-state index contributed by atoms with van der Waals surface area (Å²) >= 11 is 6.14. The Balaban J connectivity index is 1.31. The van der Waals surface area contributed by atoms with Crippen molar-refractivity contribution in [2.45, 2.75) is 25.7 Å². The molecule has 2 aromatic rings. The zero-order valence-corrected chi connectivity index (χ0v) is 20.3. The summed E-state index contributed by atoms with van der Waals surface area (Å²) in [4.78, 5) is 16.5. The van der Waals surface area contributed by atoms with Gasteiger partial charge in [-0.25, -0.2) is 0 Å². The minimum atomic E-state index is -5.07. The van der Waals surface area contributed by atoms with Crippen molar-refractivity contribution in [3.8, 4) is 0 Å². The Morgan fingerprint density at radius 2 is 1.64 bits per heavy atom. The first kappa shape index (κ1) is 26.6. The number of nitrogens with one attached hydrogen (secondary N) is 1. The molecule has 4 rings (SSSR count). The summed E-state index contributed by atoms with van der Waals surface area (Å²) in [6.45, 7) is 5.56. The molecule has 0 saturated carbocycles. The molecule has 2 aliphatic heterocycles. The predicted molar refractivity (Wildman–Crippen MR) is 125 cm³/mol. The van der Waals surface area contributed by atoms with Gasteiger partial charge in [-0.2, -0.15) is 26.3 Å². The zero-order valence-electron chi connectivity index (χ0n) is 19.5. The van der Waals surface area contributed by atoms with Crippen molar-refractivity contribution in [3.05, 3.63) is 63.7 Å². The summed E-state index contributed by atoms with van der Waals surface area (Å²) in [5.41, 5.74) is -1.77. The van der Waals surface area contributed by atoms with E-state index in [1.165, 1.54) is 4.90 Å². The summed E-state index contributed by atoms with van der Waals surface area (Å²) in [5.74, 6) is -0.624. The number of hydrogen-bond acceptors (Lipinski definition) is 3. The van der Waals surface area contributed by atoms with Gasteiger partial charge in [0.15, 0.2) is 0 Å². The van der Waals surface area contributed by atoms with Gasteiger partial charge in [-0.15, -0.1) is 0 Å². The zero-order chi connectivity index (χ0) is 26.3. The van der Waals surface area contributed by atoms with Crippen LogP contribution in [0.4, 0.5) is 32.0 Å². The Hall–Kier alpha value is -2.46. The van der Waals surface area contributed by atoms with Crippen molar-refractivity contribution in [2.24, 2.45) is 11.8 Å². The molecule has 0 spiro atoms. The van der Waals surface area contributed by atoms with Crippen LogP contribution in [-0.2, 0) is 12.4 Å². The summed E-state index contributed by atoms with van der Waals surface area (Å²) in [6, 6.07) is 6.98. The number of nitrogens with zero attached hydrogens (tertiary/aromatic N) is 2. The van der Waals surface area contributed by atoms with Crippen molar-refractivity contribution in [2.75, 3.05) is 44.6 Å². The average Bonchev–Trinajstić information content (AvgIpc) is 3.36. The van der Waals surface area contributed by atoms with Crippen LogP contribution in [0.5, 0.6) is 0 Å². The van der Waals surface area contributed by atoms with Gasteiger partial charge in [-0.3, -0.25) is 4.79 Å². The van der Waals surface area contributed by atoms with Gasteiger partial charge in [0.2, 0.25) is 0 Å². The number of fused-ring (bicyclic) bond motifs is 1. The first-order valence-corrected chi connectivity index (χ1v) is 12.0. The lowest BCUT2D eigenvalue weighted by molar-refractivity contribution is -0.143. The smallest absolute Gasteiger partial charge is 0.385 e. The maximum Gasteiger partial charge on any atom is 0.417 e. The van der Waals surface area contributed by atoms with Gasteiger partial charge in [0, 0.05) is 43.4 Å². The highest BCUT2D eigenvalue weighted by atomic mass is 35.5. The number of alkyl halides is 6. The highest BCUT2D eigenvalue weighted by molar-refractivity contribution is 6.31. The molecule has 2 aromatic carbocycles. The highest BCUT2D eigenvalue weighted by Gasteiger charge is 2.44. The van der Waals surface area contributed by atoms with Gasteiger partial charge in [0.05, 0.1) is 16.7 Å². The molecule has 36 heavy (non-hydrogen) atoms. The standard InChI is InChI=1S/C25H26ClF6N3O/c1-15-3-5-19(10-22(15)26)33-7-2-8-34-11-16-13-35(14-17(16)12-34)23(36)20-6-4-18(24(27,28)29)9-21(20)25(30,31)32/h3-6,9-10,16-17,33H,2,7-8,11-14H2,1H3. The van der Waals surface area contributed by atoms with E-state index in [4.69, 9.17) is 11.6 Å². The minimum Gasteiger partial charge on any atom is -0.385 e. The van der Waals surface area contributed by atoms with Crippen LogP contribution in [-0.4, -0.2) is 55.0 Å². The fraction of sp³-hybridized carbons (Fsp3) is 0.480. The van der Waals surface area contributed by atoms with Gasteiger partial charge in [0.25, 0.3) is 5.91 Å². The van der Waals surface area contributed by atoms with Crippen LogP contribution in [0.25, 0.3) is 0 Å². The third-order valence-corrected chi connectivity index (χ3v) is 7.29. The number of rotatable bonds is 6. The number of anilines is 1. The first-order chi connectivity index (χ1) is 16.8. The first-order valence-electron chi connectivity index (χ1n) is 11.6. The minimum absolute atomic E-state index is 0.0183. The monoisotopic (exact) mass is 533 g/mol. The van der Waals surface area contributed by atoms with E-state index in [9.17, 15) is 31.1 Å². The number of amides is 1. The second kappa shape index (κ2) is 10.1. The molecule has 0 bridgehead atoms. The molecular weight excluding hydrogens is 508 g/mol. The van der Waals surface area contributed by atoms with Crippen molar-refractivity contribution in [1.82, 2.24) is 9.80 Å². The van der Waals surface area contributed by atoms with E-state index in [0.717, 1.165) is 43.9 Å². The van der Waals surface area contributed by atoms with Gasteiger partial charge in [0.1, 0.15) is 0 Å². The number of hydrogen-bond donors (Lipinski definition) is 1. The molecule has 2 fully saturated rings. The van der Waals surface area contributed by atoms with Crippen LogP contribution in [0, 0.1) is 18.8 Å². The SMILES string of the molecule is Cc1ccc(NCCCN2CC3CN(C(=O)c4ccc(C(F)(F)F)cc4C(F)(F)F)CC3C2)cc1Cl. The van der Waals surface area contributed by atoms with E-state index < -0.39 is 35.0 Å². The molecule has 2 unspecified atom stereocenters. The molecule has 4 nitrogen and oxygen atoms in total. The normalized spacial score (nSPS) is 20.6. The second-order valence-corrected chi connectivity index (χ2v) is 9.90. The van der Waals surface area contributed by atoms with Gasteiger partial charge in [-0.1, -0.05) is 17.7 Å². The number of halogens is 7. The molecule has 1 amide bonds.